The maximum absolute atomic E-state index is 11.8. The lowest BCUT2D eigenvalue weighted by Gasteiger charge is -2.21. The van der Waals surface area contributed by atoms with Crippen molar-refractivity contribution in [2.24, 2.45) is 0 Å². The number of halogens is 1. The summed E-state index contributed by atoms with van der Waals surface area (Å²) in [4.78, 5) is 15.8. The summed E-state index contributed by atoms with van der Waals surface area (Å²) < 4.78 is 0. The van der Waals surface area contributed by atoms with Crippen LogP contribution in [0.2, 0.25) is 5.02 Å². The number of hydrogen-bond acceptors (Lipinski definition) is 4. The van der Waals surface area contributed by atoms with Gasteiger partial charge in [0, 0.05) is 29.3 Å². The standard InChI is InChI=1S/C10H12ClN3OS/c11-7-1-2-13-9(5-7)14-10(15)8-6-16-4-3-12-8/h1-2,5,8,12H,3-4,6H2,(H,13,14,15). The summed E-state index contributed by atoms with van der Waals surface area (Å²) in [5.74, 6) is 2.29. The van der Waals surface area contributed by atoms with Gasteiger partial charge in [0.2, 0.25) is 5.91 Å². The first-order chi connectivity index (χ1) is 7.75. The first-order valence-electron chi connectivity index (χ1n) is 4.99. The average Bonchev–Trinajstić information content (AvgIpc) is 2.30. The van der Waals surface area contributed by atoms with E-state index >= 15 is 0 Å². The Balaban J connectivity index is 1.96. The van der Waals surface area contributed by atoms with E-state index in [1.807, 2.05) is 0 Å². The Labute approximate surface area is 103 Å². The highest BCUT2D eigenvalue weighted by molar-refractivity contribution is 7.99. The van der Waals surface area contributed by atoms with Crippen molar-refractivity contribution < 1.29 is 4.79 Å². The van der Waals surface area contributed by atoms with Crippen molar-refractivity contribution in [3.63, 3.8) is 0 Å². The molecule has 2 rings (SSSR count). The number of pyridine rings is 1. The van der Waals surface area contributed by atoms with Crippen LogP contribution in [-0.2, 0) is 4.79 Å². The lowest BCUT2D eigenvalue weighted by Crippen LogP contribution is -2.46. The number of rotatable bonds is 2. The Hall–Kier alpha value is -0.780. The highest BCUT2D eigenvalue weighted by atomic mass is 35.5. The quantitative estimate of drug-likeness (QED) is 0.841. The Kier molecular flexibility index (Phi) is 4.04. The van der Waals surface area contributed by atoms with E-state index in [2.05, 4.69) is 15.6 Å². The van der Waals surface area contributed by atoms with Crippen molar-refractivity contribution in [3.8, 4) is 0 Å². The van der Waals surface area contributed by atoms with Gasteiger partial charge >= 0.3 is 0 Å². The number of carbonyl (C=O) groups excluding carboxylic acids is 1. The molecule has 2 N–H and O–H groups in total. The largest absolute Gasteiger partial charge is 0.309 e. The third kappa shape index (κ3) is 3.10. The van der Waals surface area contributed by atoms with E-state index in [1.54, 1.807) is 30.1 Å². The number of aromatic nitrogens is 1. The predicted octanol–water partition coefficient (Wildman–Crippen LogP) is 1.38. The number of nitrogens with zero attached hydrogens (tertiary/aromatic N) is 1. The van der Waals surface area contributed by atoms with Crippen molar-refractivity contribution >= 4 is 35.1 Å². The molecule has 1 fully saturated rings. The van der Waals surface area contributed by atoms with Crippen LogP contribution in [-0.4, -0.2) is 35.0 Å². The van der Waals surface area contributed by atoms with E-state index in [1.165, 1.54) is 0 Å². The molecule has 16 heavy (non-hydrogen) atoms. The van der Waals surface area contributed by atoms with Gasteiger partial charge in [-0.15, -0.1) is 0 Å². The Morgan fingerprint density at radius 2 is 2.56 bits per heavy atom. The fourth-order valence-corrected chi connectivity index (χ4v) is 2.51. The molecule has 86 valence electrons. The summed E-state index contributed by atoms with van der Waals surface area (Å²) in [6, 6.07) is 3.17. The van der Waals surface area contributed by atoms with Crippen LogP contribution < -0.4 is 10.6 Å². The maximum Gasteiger partial charge on any atom is 0.243 e. The lowest BCUT2D eigenvalue weighted by atomic mass is 10.3. The molecule has 6 heteroatoms. The maximum atomic E-state index is 11.8. The van der Waals surface area contributed by atoms with Crippen LogP contribution in [0.1, 0.15) is 0 Å². The molecule has 4 nitrogen and oxygen atoms in total. The summed E-state index contributed by atoms with van der Waals surface area (Å²) in [6.45, 7) is 0.867. The molecule has 1 amide bonds. The van der Waals surface area contributed by atoms with E-state index < -0.39 is 0 Å². The number of anilines is 1. The second-order valence-corrected chi connectivity index (χ2v) is 5.02. The summed E-state index contributed by atoms with van der Waals surface area (Å²) in [5.41, 5.74) is 0. The molecular weight excluding hydrogens is 246 g/mol. The molecule has 2 heterocycles. The third-order valence-electron chi connectivity index (χ3n) is 2.21. The van der Waals surface area contributed by atoms with Crippen molar-refractivity contribution in [1.29, 1.82) is 0 Å². The van der Waals surface area contributed by atoms with Crippen LogP contribution in [0.3, 0.4) is 0 Å². The van der Waals surface area contributed by atoms with Gasteiger partial charge in [0.15, 0.2) is 0 Å². The van der Waals surface area contributed by atoms with Gasteiger partial charge < -0.3 is 10.6 Å². The Bertz CT molecular complexity index is 382. The van der Waals surface area contributed by atoms with Gasteiger partial charge in [0.1, 0.15) is 5.82 Å². The second kappa shape index (κ2) is 5.52. The van der Waals surface area contributed by atoms with E-state index in [0.717, 1.165) is 18.1 Å². The minimum absolute atomic E-state index is 0.0537. The van der Waals surface area contributed by atoms with Crippen LogP contribution in [0.5, 0.6) is 0 Å². The van der Waals surface area contributed by atoms with E-state index in [9.17, 15) is 4.79 Å². The predicted molar refractivity (Wildman–Crippen MR) is 67.0 cm³/mol. The molecule has 0 aliphatic carbocycles. The minimum Gasteiger partial charge on any atom is -0.309 e. The molecule has 1 aromatic rings. The molecule has 0 bridgehead atoms. The molecule has 0 spiro atoms. The van der Waals surface area contributed by atoms with Crippen molar-refractivity contribution in [2.45, 2.75) is 6.04 Å². The molecule has 1 aliphatic rings. The Morgan fingerprint density at radius 3 is 3.25 bits per heavy atom. The number of thioether (sulfide) groups is 1. The van der Waals surface area contributed by atoms with Gasteiger partial charge in [0.25, 0.3) is 0 Å². The average molecular weight is 258 g/mol. The van der Waals surface area contributed by atoms with Crippen molar-refractivity contribution in [3.05, 3.63) is 23.4 Å². The molecule has 1 unspecified atom stereocenters. The van der Waals surface area contributed by atoms with Gasteiger partial charge in [0.05, 0.1) is 6.04 Å². The molecule has 0 aromatic carbocycles. The lowest BCUT2D eigenvalue weighted by molar-refractivity contribution is -0.117. The van der Waals surface area contributed by atoms with Crippen LogP contribution in [0.15, 0.2) is 18.3 Å². The normalized spacial score (nSPS) is 20.4. The highest BCUT2D eigenvalue weighted by Gasteiger charge is 2.20. The summed E-state index contributed by atoms with van der Waals surface area (Å²) in [7, 11) is 0. The van der Waals surface area contributed by atoms with E-state index in [-0.39, 0.29) is 11.9 Å². The van der Waals surface area contributed by atoms with Crippen LogP contribution in [0.4, 0.5) is 5.82 Å². The van der Waals surface area contributed by atoms with E-state index in [0.29, 0.717) is 10.8 Å². The van der Waals surface area contributed by atoms with Crippen LogP contribution in [0.25, 0.3) is 0 Å². The van der Waals surface area contributed by atoms with Gasteiger partial charge in [-0.2, -0.15) is 11.8 Å². The fourth-order valence-electron chi connectivity index (χ4n) is 1.42. The zero-order valence-corrected chi connectivity index (χ0v) is 10.1. The number of amides is 1. The van der Waals surface area contributed by atoms with Gasteiger partial charge in [-0.25, -0.2) is 4.98 Å². The van der Waals surface area contributed by atoms with Crippen molar-refractivity contribution in [1.82, 2.24) is 10.3 Å². The smallest absolute Gasteiger partial charge is 0.243 e. The Morgan fingerprint density at radius 1 is 1.69 bits per heavy atom. The van der Waals surface area contributed by atoms with Gasteiger partial charge in [-0.3, -0.25) is 4.79 Å². The first kappa shape index (κ1) is 11.7. The molecule has 1 aromatic heterocycles. The molecular formula is C10H12ClN3OS. The second-order valence-electron chi connectivity index (χ2n) is 3.43. The monoisotopic (exact) mass is 257 g/mol. The van der Waals surface area contributed by atoms with Gasteiger partial charge in [-0.1, -0.05) is 11.6 Å². The molecule has 1 saturated heterocycles. The molecule has 0 radical (unpaired) electrons. The zero-order chi connectivity index (χ0) is 11.4. The summed E-state index contributed by atoms with van der Waals surface area (Å²) >= 11 is 7.58. The number of nitrogens with one attached hydrogen (secondary N) is 2. The van der Waals surface area contributed by atoms with Crippen molar-refractivity contribution in [2.75, 3.05) is 23.4 Å². The molecule has 1 aliphatic heterocycles. The minimum atomic E-state index is -0.139. The third-order valence-corrected chi connectivity index (χ3v) is 3.51. The van der Waals surface area contributed by atoms with Crippen LogP contribution >= 0.6 is 23.4 Å². The number of carbonyl (C=O) groups is 1. The molecule has 1 atom stereocenters. The van der Waals surface area contributed by atoms with Crippen LogP contribution in [0, 0.1) is 0 Å². The summed E-state index contributed by atoms with van der Waals surface area (Å²) in [5, 5.41) is 6.47. The first-order valence-corrected chi connectivity index (χ1v) is 6.52. The van der Waals surface area contributed by atoms with Gasteiger partial charge in [-0.05, 0) is 12.1 Å². The molecule has 0 saturated carbocycles. The fraction of sp³-hybridized carbons (Fsp3) is 0.400. The SMILES string of the molecule is O=C(Nc1cc(Cl)ccn1)C1CSCCN1. The topological polar surface area (TPSA) is 54.0 Å². The van der Waals surface area contributed by atoms with E-state index in [4.69, 9.17) is 11.6 Å². The number of hydrogen-bond donors (Lipinski definition) is 2. The highest BCUT2D eigenvalue weighted by Crippen LogP contribution is 2.13. The zero-order valence-electron chi connectivity index (χ0n) is 8.57. The summed E-state index contributed by atoms with van der Waals surface area (Å²) in [6.07, 6.45) is 1.57.